The Hall–Kier alpha value is -2.52. The Morgan fingerprint density at radius 1 is 1.48 bits per heavy atom. The van der Waals surface area contributed by atoms with Gasteiger partial charge in [-0.3, -0.25) is 30.1 Å². The van der Waals surface area contributed by atoms with Gasteiger partial charge in [-0.2, -0.15) is 0 Å². The van der Waals surface area contributed by atoms with Crippen LogP contribution < -0.4 is 0 Å². The van der Waals surface area contributed by atoms with Crippen LogP contribution in [0.1, 0.15) is 11.3 Å². The number of aromatic nitrogens is 1. The van der Waals surface area contributed by atoms with E-state index in [0.717, 1.165) is 6.08 Å². The fraction of sp³-hybridized carbons (Fsp3) is 0.333. The van der Waals surface area contributed by atoms with Crippen molar-refractivity contribution in [2.75, 3.05) is 20.2 Å². The summed E-state index contributed by atoms with van der Waals surface area (Å²) in [6.07, 6.45) is 2.41. The first-order valence-corrected chi connectivity index (χ1v) is 6.17. The van der Waals surface area contributed by atoms with E-state index in [0.29, 0.717) is 6.54 Å². The molecule has 1 fully saturated rings. The van der Waals surface area contributed by atoms with Gasteiger partial charge in [0.1, 0.15) is 5.70 Å². The zero-order valence-electron chi connectivity index (χ0n) is 11.1. The third kappa shape index (κ3) is 1.71. The average Bonchev–Trinajstić information content (AvgIpc) is 2.81. The van der Waals surface area contributed by atoms with Gasteiger partial charge in [0, 0.05) is 12.7 Å². The van der Waals surface area contributed by atoms with Gasteiger partial charge in [-0.05, 0) is 28.5 Å². The fourth-order valence-corrected chi connectivity index (χ4v) is 2.75. The van der Waals surface area contributed by atoms with Gasteiger partial charge in [0.15, 0.2) is 11.8 Å². The average molecular weight is 291 g/mol. The number of hydrogen-bond donors (Lipinski definition) is 0. The third-order valence-corrected chi connectivity index (χ3v) is 3.69. The lowest BCUT2D eigenvalue weighted by Crippen LogP contribution is -2.50. The predicted molar refractivity (Wildman–Crippen MR) is 69.7 cm³/mol. The molecule has 0 amide bonds. The van der Waals surface area contributed by atoms with Gasteiger partial charge in [0.2, 0.25) is 0 Å². The molecule has 2 aliphatic rings. The summed E-state index contributed by atoms with van der Waals surface area (Å²) in [7, 11) is 1.67. The van der Waals surface area contributed by atoms with Crippen LogP contribution in [0.15, 0.2) is 24.4 Å². The predicted octanol–water partition coefficient (Wildman–Crippen LogP) is 0.636. The maximum atomic E-state index is 11.4. The topological polar surface area (TPSA) is 112 Å². The van der Waals surface area contributed by atoms with Crippen molar-refractivity contribution < 1.29 is 14.6 Å². The summed E-state index contributed by atoms with van der Waals surface area (Å²) in [4.78, 5) is 27.1. The van der Waals surface area contributed by atoms with Crippen molar-refractivity contribution in [3.8, 4) is 0 Å². The molecule has 1 unspecified atom stereocenters. The Morgan fingerprint density at radius 3 is 2.81 bits per heavy atom. The summed E-state index contributed by atoms with van der Waals surface area (Å²) in [5, 5.41) is 22.6. The number of nitrogens with zero attached hydrogens (tertiary/aromatic N) is 4. The summed E-state index contributed by atoms with van der Waals surface area (Å²) in [5.74, 6) is 0. The molecule has 0 N–H and O–H groups in total. The molecule has 9 nitrogen and oxygen atoms in total. The fourth-order valence-electron chi connectivity index (χ4n) is 2.75. The highest BCUT2D eigenvalue weighted by atomic mass is 16.6. The summed E-state index contributed by atoms with van der Waals surface area (Å²) in [5.41, 5.74) is -1.40. The SMILES string of the molecule is CN1CCOC12c1ncccc1C([N+](=O)[O-])=C[C-]2[N+](=O)[O-]. The van der Waals surface area contributed by atoms with Gasteiger partial charge in [-0.25, -0.2) is 0 Å². The van der Waals surface area contributed by atoms with E-state index in [9.17, 15) is 20.2 Å². The van der Waals surface area contributed by atoms with Gasteiger partial charge in [0.05, 0.1) is 12.3 Å². The lowest BCUT2D eigenvalue weighted by atomic mass is 9.87. The first-order chi connectivity index (χ1) is 9.98. The van der Waals surface area contributed by atoms with Crippen LogP contribution in [0.5, 0.6) is 0 Å². The summed E-state index contributed by atoms with van der Waals surface area (Å²) >= 11 is 0. The minimum atomic E-state index is -1.47. The van der Waals surface area contributed by atoms with Crippen molar-refractivity contribution in [1.29, 1.82) is 0 Å². The minimum Gasteiger partial charge on any atom is -0.359 e. The first-order valence-electron chi connectivity index (χ1n) is 6.17. The molecule has 0 aromatic carbocycles. The smallest absolute Gasteiger partial charge is 0.186 e. The second-order valence-electron chi connectivity index (χ2n) is 4.74. The van der Waals surface area contributed by atoms with Crippen molar-refractivity contribution in [2.45, 2.75) is 5.72 Å². The van der Waals surface area contributed by atoms with E-state index in [1.807, 2.05) is 0 Å². The zero-order chi connectivity index (χ0) is 15.2. The van der Waals surface area contributed by atoms with Gasteiger partial charge < -0.3 is 4.74 Å². The van der Waals surface area contributed by atoms with Gasteiger partial charge in [-0.15, -0.1) is 0 Å². The Morgan fingerprint density at radius 2 is 2.24 bits per heavy atom. The molecule has 1 atom stereocenters. The van der Waals surface area contributed by atoms with E-state index in [1.165, 1.54) is 12.3 Å². The van der Waals surface area contributed by atoms with Crippen LogP contribution in [0, 0.1) is 26.3 Å². The standard InChI is InChI=1S/C12H11N4O5/c1-14-5-6-21-12(14)10(16(19)20)7-9(15(17)18)8-3-2-4-13-11(8)12/h2-4,7H,5-6H2,1H3/q-1. The van der Waals surface area contributed by atoms with Crippen LogP contribution in [0.2, 0.25) is 0 Å². The second kappa shape index (κ2) is 4.50. The Kier molecular flexibility index (Phi) is 2.88. The highest BCUT2D eigenvalue weighted by molar-refractivity contribution is 5.67. The monoisotopic (exact) mass is 291 g/mol. The van der Waals surface area contributed by atoms with E-state index < -0.39 is 15.6 Å². The van der Waals surface area contributed by atoms with Crippen LogP contribution in [0.25, 0.3) is 5.70 Å². The molecule has 21 heavy (non-hydrogen) atoms. The molecule has 0 bridgehead atoms. The molecular formula is C12H11N4O5-. The third-order valence-electron chi connectivity index (χ3n) is 3.69. The number of pyridine rings is 1. The van der Waals surface area contributed by atoms with E-state index in [1.54, 1.807) is 18.0 Å². The Balaban J connectivity index is 2.30. The molecule has 1 aliphatic heterocycles. The van der Waals surface area contributed by atoms with Crippen LogP contribution in [0.3, 0.4) is 0 Å². The first kappa shape index (κ1) is 13.5. The number of fused-ring (bicyclic) bond motifs is 2. The quantitative estimate of drug-likeness (QED) is 0.446. The lowest BCUT2D eigenvalue weighted by molar-refractivity contribution is -0.489. The number of hydrogen-bond acceptors (Lipinski definition) is 7. The number of ether oxygens (including phenoxy) is 1. The maximum Gasteiger partial charge on any atom is 0.186 e. The van der Waals surface area contributed by atoms with Crippen molar-refractivity contribution in [3.63, 3.8) is 0 Å². The van der Waals surface area contributed by atoms with Crippen molar-refractivity contribution in [2.24, 2.45) is 0 Å². The number of nitro groups is 2. The highest BCUT2D eigenvalue weighted by Gasteiger charge is 2.54. The molecule has 1 saturated heterocycles. The molecule has 2 heterocycles. The van der Waals surface area contributed by atoms with E-state index >= 15 is 0 Å². The highest BCUT2D eigenvalue weighted by Crippen LogP contribution is 2.48. The maximum absolute atomic E-state index is 11.4. The molecule has 110 valence electrons. The van der Waals surface area contributed by atoms with E-state index in [-0.39, 0.29) is 29.6 Å². The minimum absolute atomic E-state index is 0.186. The molecular weight excluding hydrogens is 280 g/mol. The molecule has 0 radical (unpaired) electrons. The van der Waals surface area contributed by atoms with Gasteiger partial charge in [-0.1, -0.05) is 12.1 Å². The summed E-state index contributed by atoms with van der Waals surface area (Å²) < 4.78 is 5.64. The van der Waals surface area contributed by atoms with Crippen LogP contribution >= 0.6 is 0 Å². The second-order valence-corrected chi connectivity index (χ2v) is 4.74. The molecule has 3 rings (SSSR count). The largest absolute Gasteiger partial charge is 0.359 e. The molecule has 1 spiro atoms. The van der Waals surface area contributed by atoms with E-state index in [2.05, 4.69) is 4.98 Å². The number of likely N-dealkylation sites (N-methyl/N-ethyl adjacent to an activating group) is 1. The molecule has 1 aromatic heterocycles. The Bertz CT molecular complexity index is 661. The van der Waals surface area contributed by atoms with Crippen LogP contribution in [-0.2, 0) is 10.5 Å². The molecule has 1 aliphatic carbocycles. The summed E-state index contributed by atoms with van der Waals surface area (Å²) in [6.45, 7) is 0.750. The number of rotatable bonds is 2. The van der Waals surface area contributed by atoms with Crippen LogP contribution in [0.4, 0.5) is 0 Å². The van der Waals surface area contributed by atoms with Gasteiger partial charge >= 0.3 is 0 Å². The van der Waals surface area contributed by atoms with E-state index in [4.69, 9.17) is 4.74 Å². The van der Waals surface area contributed by atoms with Crippen molar-refractivity contribution in [1.82, 2.24) is 9.88 Å². The lowest BCUT2D eigenvalue weighted by Gasteiger charge is -2.42. The Labute approximate surface area is 119 Å². The van der Waals surface area contributed by atoms with Gasteiger partial charge in [0.25, 0.3) is 0 Å². The van der Waals surface area contributed by atoms with Crippen molar-refractivity contribution >= 4 is 5.70 Å². The molecule has 1 aromatic rings. The summed E-state index contributed by atoms with van der Waals surface area (Å²) in [6, 6.07) is 2.68. The zero-order valence-corrected chi connectivity index (χ0v) is 11.1. The normalized spacial score (nSPS) is 24.8. The molecule has 9 heteroatoms. The molecule has 0 saturated carbocycles. The van der Waals surface area contributed by atoms with Crippen molar-refractivity contribution in [3.05, 3.63) is 61.9 Å². The van der Waals surface area contributed by atoms with Crippen LogP contribution in [-0.4, -0.2) is 39.9 Å².